The fourth-order valence-electron chi connectivity index (χ4n) is 0.751. The molecular formula is C6H10BrN3O3S. The number of aromatic nitrogens is 2. The molecule has 0 radical (unpaired) electrons. The third-order valence-electron chi connectivity index (χ3n) is 1.68. The quantitative estimate of drug-likeness (QED) is 0.578. The molecule has 0 bridgehead atoms. The summed E-state index contributed by atoms with van der Waals surface area (Å²) in [4.78, 5) is 0. The van der Waals surface area contributed by atoms with Crippen LogP contribution in [0.3, 0.4) is 0 Å². The average Bonchev–Trinajstić information content (AvgIpc) is 2.61. The van der Waals surface area contributed by atoms with E-state index in [1.54, 1.807) is 0 Å². The lowest BCUT2D eigenvalue weighted by molar-refractivity contribution is 0.0833. The predicted molar refractivity (Wildman–Crippen MR) is 55.2 cm³/mol. The van der Waals surface area contributed by atoms with Gasteiger partial charge in [-0.25, -0.2) is 0 Å². The van der Waals surface area contributed by atoms with Gasteiger partial charge in [0, 0.05) is 0 Å². The Hall–Kier alpha value is -0.280. The minimum atomic E-state index is -1.15. The lowest BCUT2D eigenvalue weighted by Gasteiger charge is -2.27. The van der Waals surface area contributed by atoms with E-state index in [0.717, 1.165) is 0 Å². The minimum absolute atomic E-state index is 0.392. The van der Waals surface area contributed by atoms with Gasteiger partial charge < -0.3 is 20.6 Å². The molecule has 80 valence electrons. The number of anilines is 1. The number of aliphatic hydroxyl groups is 3. The van der Waals surface area contributed by atoms with Gasteiger partial charge in [0.2, 0.25) is 5.13 Å². The van der Waals surface area contributed by atoms with Crippen molar-refractivity contribution >= 4 is 32.4 Å². The van der Waals surface area contributed by atoms with E-state index < -0.39 is 25.4 Å². The number of nitrogens with zero attached hydrogens (tertiary/aromatic N) is 2. The van der Waals surface area contributed by atoms with Gasteiger partial charge >= 0.3 is 0 Å². The zero-order valence-electron chi connectivity index (χ0n) is 7.14. The summed E-state index contributed by atoms with van der Waals surface area (Å²) < 4.78 is 0.586. The van der Waals surface area contributed by atoms with Gasteiger partial charge in [0.05, 0.1) is 19.8 Å². The highest BCUT2D eigenvalue weighted by Gasteiger charge is 2.28. The first-order valence-corrected chi connectivity index (χ1v) is 5.36. The average molecular weight is 284 g/mol. The van der Waals surface area contributed by atoms with Crippen molar-refractivity contribution in [1.29, 1.82) is 0 Å². The summed E-state index contributed by atoms with van der Waals surface area (Å²) in [5.41, 5.74) is -1.15. The second kappa shape index (κ2) is 4.99. The number of hydrogen-bond donors (Lipinski definition) is 4. The lowest BCUT2D eigenvalue weighted by atomic mass is 10.0. The molecule has 0 spiro atoms. The van der Waals surface area contributed by atoms with E-state index in [2.05, 4.69) is 31.4 Å². The SMILES string of the molecule is OCC(CO)(CO)Nc1nnc(Br)s1. The summed E-state index contributed by atoms with van der Waals surface area (Å²) in [6, 6.07) is 0. The Labute approximate surface area is 92.7 Å². The Balaban J connectivity index is 2.73. The number of hydrogen-bond acceptors (Lipinski definition) is 7. The molecule has 1 aromatic heterocycles. The van der Waals surface area contributed by atoms with E-state index in [1.165, 1.54) is 11.3 Å². The molecule has 0 saturated heterocycles. The monoisotopic (exact) mass is 283 g/mol. The molecule has 1 heterocycles. The third-order valence-corrected chi connectivity index (χ3v) is 2.95. The molecule has 0 amide bonds. The molecule has 0 aliphatic rings. The highest BCUT2D eigenvalue weighted by atomic mass is 79.9. The van der Waals surface area contributed by atoms with Crippen molar-refractivity contribution in [1.82, 2.24) is 10.2 Å². The number of halogens is 1. The zero-order valence-corrected chi connectivity index (χ0v) is 9.55. The Bertz CT molecular complexity index is 283. The first-order chi connectivity index (χ1) is 6.65. The smallest absolute Gasteiger partial charge is 0.207 e. The predicted octanol–water partition coefficient (Wildman–Crippen LogP) is -0.572. The Morgan fingerprint density at radius 2 is 1.79 bits per heavy atom. The standard InChI is InChI=1S/C6H10BrN3O3S/c7-4-9-10-5(14-4)8-6(1-11,2-12)3-13/h11-13H,1-3H2,(H,8,10). The maximum absolute atomic E-state index is 9.01. The van der Waals surface area contributed by atoms with E-state index >= 15 is 0 Å². The Kier molecular flexibility index (Phi) is 4.20. The van der Waals surface area contributed by atoms with Crippen molar-refractivity contribution < 1.29 is 15.3 Å². The van der Waals surface area contributed by atoms with Crippen LogP contribution in [0, 0.1) is 0 Å². The molecule has 0 fully saturated rings. The van der Waals surface area contributed by atoms with Crippen LogP contribution in [0.5, 0.6) is 0 Å². The second-order valence-electron chi connectivity index (χ2n) is 2.74. The first kappa shape index (κ1) is 11.8. The Morgan fingerprint density at radius 3 is 2.14 bits per heavy atom. The van der Waals surface area contributed by atoms with E-state index in [0.29, 0.717) is 9.05 Å². The maximum Gasteiger partial charge on any atom is 0.207 e. The molecular weight excluding hydrogens is 274 g/mol. The molecule has 8 heteroatoms. The van der Waals surface area contributed by atoms with Gasteiger partial charge in [0.1, 0.15) is 5.54 Å². The largest absolute Gasteiger partial charge is 0.394 e. The molecule has 0 unspecified atom stereocenters. The van der Waals surface area contributed by atoms with Crippen LogP contribution < -0.4 is 5.32 Å². The maximum atomic E-state index is 9.01. The summed E-state index contributed by atoms with van der Waals surface area (Å²) in [6.07, 6.45) is 0. The van der Waals surface area contributed by atoms with Crippen LogP contribution in [-0.2, 0) is 0 Å². The fourth-order valence-corrected chi connectivity index (χ4v) is 1.88. The van der Waals surface area contributed by atoms with Crippen LogP contribution in [0.1, 0.15) is 0 Å². The summed E-state index contributed by atoms with van der Waals surface area (Å²) >= 11 is 4.33. The first-order valence-electron chi connectivity index (χ1n) is 3.75. The normalized spacial score (nSPS) is 11.7. The van der Waals surface area contributed by atoms with Crippen LogP contribution in [0.4, 0.5) is 5.13 Å². The molecule has 1 rings (SSSR count). The highest BCUT2D eigenvalue weighted by molar-refractivity contribution is 9.11. The molecule has 1 aromatic rings. The van der Waals surface area contributed by atoms with Crippen LogP contribution in [0.25, 0.3) is 0 Å². The number of nitrogens with one attached hydrogen (secondary N) is 1. The molecule has 0 aliphatic heterocycles. The van der Waals surface area contributed by atoms with Crippen molar-refractivity contribution in [3.63, 3.8) is 0 Å². The van der Waals surface area contributed by atoms with Crippen molar-refractivity contribution in [3.8, 4) is 0 Å². The Morgan fingerprint density at radius 1 is 1.21 bits per heavy atom. The van der Waals surface area contributed by atoms with E-state index in [4.69, 9.17) is 15.3 Å². The second-order valence-corrected chi connectivity index (χ2v) is 4.99. The molecule has 0 aliphatic carbocycles. The van der Waals surface area contributed by atoms with Crippen molar-refractivity contribution in [3.05, 3.63) is 3.92 Å². The fraction of sp³-hybridized carbons (Fsp3) is 0.667. The topological polar surface area (TPSA) is 98.5 Å². The summed E-state index contributed by atoms with van der Waals surface area (Å²) in [7, 11) is 0. The molecule has 0 aromatic carbocycles. The van der Waals surface area contributed by atoms with Crippen molar-refractivity contribution in [2.24, 2.45) is 0 Å². The van der Waals surface area contributed by atoms with Gasteiger partial charge in [0.25, 0.3) is 0 Å². The van der Waals surface area contributed by atoms with Gasteiger partial charge in [-0.15, -0.1) is 10.2 Å². The van der Waals surface area contributed by atoms with Crippen LogP contribution in [0.2, 0.25) is 0 Å². The summed E-state index contributed by atoms with van der Waals surface area (Å²) in [6.45, 7) is -1.18. The molecule has 0 saturated carbocycles. The van der Waals surface area contributed by atoms with Gasteiger partial charge in [-0.05, 0) is 15.9 Å². The van der Waals surface area contributed by atoms with Gasteiger partial charge in [-0.3, -0.25) is 0 Å². The van der Waals surface area contributed by atoms with Gasteiger partial charge in [0.15, 0.2) is 3.92 Å². The van der Waals surface area contributed by atoms with Crippen molar-refractivity contribution in [2.45, 2.75) is 5.54 Å². The molecule has 6 nitrogen and oxygen atoms in total. The van der Waals surface area contributed by atoms with Crippen LogP contribution >= 0.6 is 27.3 Å². The molecule has 0 atom stereocenters. The van der Waals surface area contributed by atoms with Crippen molar-refractivity contribution in [2.75, 3.05) is 25.1 Å². The van der Waals surface area contributed by atoms with E-state index in [9.17, 15) is 0 Å². The van der Waals surface area contributed by atoms with E-state index in [1.807, 2.05) is 0 Å². The van der Waals surface area contributed by atoms with Gasteiger partial charge in [-0.1, -0.05) is 11.3 Å². The summed E-state index contributed by atoms with van der Waals surface area (Å²) in [5, 5.41) is 37.6. The lowest BCUT2D eigenvalue weighted by Crippen LogP contribution is -2.49. The highest BCUT2D eigenvalue weighted by Crippen LogP contribution is 2.23. The van der Waals surface area contributed by atoms with Crippen LogP contribution in [0.15, 0.2) is 3.92 Å². The van der Waals surface area contributed by atoms with E-state index in [-0.39, 0.29) is 0 Å². The minimum Gasteiger partial charge on any atom is -0.394 e. The molecule has 4 N–H and O–H groups in total. The third kappa shape index (κ3) is 2.61. The summed E-state index contributed by atoms with van der Waals surface area (Å²) in [5.74, 6) is 0. The zero-order chi connectivity index (χ0) is 10.6. The molecule has 14 heavy (non-hydrogen) atoms. The number of rotatable bonds is 5. The van der Waals surface area contributed by atoms with Crippen LogP contribution in [-0.4, -0.2) is 50.9 Å². The van der Waals surface area contributed by atoms with Gasteiger partial charge in [-0.2, -0.15) is 0 Å². The number of aliphatic hydroxyl groups excluding tert-OH is 3.